The first kappa shape index (κ1) is 15.2. The molecule has 0 amide bonds. The van der Waals surface area contributed by atoms with Crippen molar-refractivity contribution in [2.24, 2.45) is 22.7 Å². The number of ether oxygens (including phenoxy) is 1. The molecular weight excluding hydrogens is 256 g/mol. The minimum Gasteiger partial charge on any atom is -0.468 e. The van der Waals surface area contributed by atoms with Crippen LogP contribution < -0.4 is 0 Å². The van der Waals surface area contributed by atoms with Crippen molar-refractivity contribution in [3.63, 3.8) is 0 Å². The van der Waals surface area contributed by atoms with Gasteiger partial charge in [-0.3, -0.25) is 9.59 Å². The van der Waals surface area contributed by atoms with Crippen LogP contribution >= 0.6 is 0 Å². The summed E-state index contributed by atoms with van der Waals surface area (Å²) >= 11 is 0. The molecule has 2 aliphatic rings. The summed E-state index contributed by atoms with van der Waals surface area (Å²) in [5.41, 5.74) is -0.315. The third kappa shape index (κ3) is 1.85. The number of aliphatic hydroxyl groups is 1. The van der Waals surface area contributed by atoms with Gasteiger partial charge in [0, 0.05) is 12.3 Å². The average Bonchev–Trinajstić information content (AvgIpc) is 2.42. The number of methoxy groups -OCH3 is 1. The van der Waals surface area contributed by atoms with Gasteiger partial charge < -0.3 is 9.84 Å². The highest BCUT2D eigenvalue weighted by atomic mass is 16.5. The molecule has 4 atom stereocenters. The molecule has 1 N–H and O–H groups in total. The van der Waals surface area contributed by atoms with E-state index < -0.39 is 11.4 Å². The lowest BCUT2D eigenvalue weighted by molar-refractivity contribution is -0.174. The lowest BCUT2D eigenvalue weighted by atomic mass is 9.47. The van der Waals surface area contributed by atoms with Crippen LogP contribution in [0.1, 0.15) is 39.5 Å². The van der Waals surface area contributed by atoms with Gasteiger partial charge in [-0.15, -0.1) is 0 Å². The smallest absolute Gasteiger partial charge is 0.319 e. The molecule has 0 aliphatic heterocycles. The molecule has 0 saturated heterocycles. The van der Waals surface area contributed by atoms with E-state index in [1.807, 2.05) is 0 Å². The first-order chi connectivity index (χ1) is 9.32. The van der Waals surface area contributed by atoms with E-state index in [1.165, 1.54) is 7.11 Å². The zero-order valence-electron chi connectivity index (χ0n) is 12.6. The maximum atomic E-state index is 12.4. The lowest BCUT2D eigenvalue weighted by Gasteiger charge is -2.56. The minimum absolute atomic E-state index is 0.0251. The molecule has 112 valence electrons. The summed E-state index contributed by atoms with van der Waals surface area (Å²) in [6.45, 7) is 7.89. The third-order valence-electron chi connectivity index (χ3n) is 5.80. The fourth-order valence-electron chi connectivity index (χ4n) is 4.48. The predicted octanol–water partition coefficient (Wildman–Crippen LogP) is 2.11. The Bertz CT molecular complexity index is 445. The number of ketones is 1. The number of fused-ring (bicyclic) bond motifs is 1. The van der Waals surface area contributed by atoms with E-state index in [0.717, 1.165) is 18.4 Å². The number of Topliss-reactive ketones (excluding diaryl/α,β-unsaturated/α-hetero) is 1. The molecule has 0 radical (unpaired) electrons. The summed E-state index contributed by atoms with van der Waals surface area (Å²) in [6.07, 6.45) is 2.57. The van der Waals surface area contributed by atoms with Gasteiger partial charge in [-0.25, -0.2) is 0 Å². The topological polar surface area (TPSA) is 63.6 Å². The van der Waals surface area contributed by atoms with Crippen LogP contribution in [0.4, 0.5) is 0 Å². The maximum absolute atomic E-state index is 12.4. The number of carbonyl (C=O) groups excluding carboxylic acids is 2. The van der Waals surface area contributed by atoms with Crippen LogP contribution in [-0.2, 0) is 14.3 Å². The van der Waals surface area contributed by atoms with E-state index in [-0.39, 0.29) is 29.6 Å². The Labute approximate surface area is 120 Å². The first-order valence-corrected chi connectivity index (χ1v) is 7.22. The largest absolute Gasteiger partial charge is 0.468 e. The molecule has 2 fully saturated rings. The molecule has 0 aromatic heterocycles. The Balaban J connectivity index is 2.49. The summed E-state index contributed by atoms with van der Waals surface area (Å²) in [4.78, 5) is 24.6. The molecular formula is C16H24O4. The van der Waals surface area contributed by atoms with Crippen LogP contribution in [0.15, 0.2) is 12.2 Å². The van der Waals surface area contributed by atoms with Crippen molar-refractivity contribution in [3.8, 4) is 0 Å². The second-order valence-corrected chi connectivity index (χ2v) is 6.61. The van der Waals surface area contributed by atoms with Crippen LogP contribution in [0.3, 0.4) is 0 Å². The average molecular weight is 280 g/mol. The van der Waals surface area contributed by atoms with Gasteiger partial charge in [0.25, 0.3) is 0 Å². The molecule has 2 saturated carbocycles. The predicted molar refractivity (Wildman–Crippen MR) is 74.9 cm³/mol. The molecule has 0 heterocycles. The summed E-state index contributed by atoms with van der Waals surface area (Å²) in [6, 6.07) is 0. The van der Waals surface area contributed by atoms with Gasteiger partial charge in [0.15, 0.2) is 0 Å². The van der Waals surface area contributed by atoms with Crippen molar-refractivity contribution < 1.29 is 19.4 Å². The highest BCUT2D eigenvalue weighted by Crippen LogP contribution is 2.59. The number of aliphatic hydroxyl groups excluding tert-OH is 1. The molecule has 0 unspecified atom stereocenters. The number of esters is 1. The van der Waals surface area contributed by atoms with Crippen LogP contribution in [0.2, 0.25) is 0 Å². The maximum Gasteiger partial charge on any atom is 0.319 e. The molecule has 2 aliphatic carbocycles. The van der Waals surface area contributed by atoms with Crippen molar-refractivity contribution in [2.75, 3.05) is 13.7 Å². The van der Waals surface area contributed by atoms with Crippen molar-refractivity contribution in [1.82, 2.24) is 0 Å². The van der Waals surface area contributed by atoms with Crippen LogP contribution in [0.25, 0.3) is 0 Å². The van der Waals surface area contributed by atoms with Gasteiger partial charge in [0.2, 0.25) is 0 Å². The van der Waals surface area contributed by atoms with Gasteiger partial charge in [0.05, 0.1) is 13.7 Å². The van der Waals surface area contributed by atoms with Crippen molar-refractivity contribution in [3.05, 3.63) is 12.2 Å². The molecule has 20 heavy (non-hydrogen) atoms. The number of rotatable bonds is 2. The quantitative estimate of drug-likeness (QED) is 0.478. The highest BCUT2D eigenvalue weighted by Gasteiger charge is 2.61. The summed E-state index contributed by atoms with van der Waals surface area (Å²) < 4.78 is 4.91. The van der Waals surface area contributed by atoms with Gasteiger partial charge in [-0.1, -0.05) is 19.1 Å². The first-order valence-electron chi connectivity index (χ1n) is 7.22. The zero-order valence-corrected chi connectivity index (χ0v) is 12.6. The van der Waals surface area contributed by atoms with E-state index in [9.17, 15) is 14.7 Å². The number of hydrogen-bond acceptors (Lipinski definition) is 4. The number of hydrogen-bond donors (Lipinski definition) is 1. The van der Waals surface area contributed by atoms with Crippen molar-refractivity contribution >= 4 is 11.8 Å². The normalized spacial score (nSPS) is 41.2. The van der Waals surface area contributed by atoms with Gasteiger partial charge in [-0.05, 0) is 37.5 Å². The second kappa shape index (κ2) is 4.99. The summed E-state index contributed by atoms with van der Waals surface area (Å²) in [5.74, 6) is -0.608. The highest BCUT2D eigenvalue weighted by molar-refractivity contribution is 6.04. The van der Waals surface area contributed by atoms with Crippen LogP contribution in [-0.4, -0.2) is 30.6 Å². The molecule has 0 aromatic rings. The zero-order chi connectivity index (χ0) is 15.1. The number of carbonyl (C=O) groups is 2. The molecule has 4 nitrogen and oxygen atoms in total. The molecule has 2 rings (SSSR count). The lowest BCUT2D eigenvalue weighted by Crippen LogP contribution is -2.58. The van der Waals surface area contributed by atoms with E-state index in [0.29, 0.717) is 12.8 Å². The monoisotopic (exact) mass is 280 g/mol. The second-order valence-electron chi connectivity index (χ2n) is 6.61. The Hall–Kier alpha value is -1.16. The minimum atomic E-state index is -1.09. The van der Waals surface area contributed by atoms with Crippen LogP contribution in [0.5, 0.6) is 0 Å². The molecule has 0 spiro atoms. The Morgan fingerprint density at radius 2 is 2.10 bits per heavy atom. The third-order valence-corrected chi connectivity index (χ3v) is 5.80. The Kier molecular flexibility index (Phi) is 3.80. The Morgan fingerprint density at radius 3 is 2.65 bits per heavy atom. The van der Waals surface area contributed by atoms with Gasteiger partial charge >= 0.3 is 5.97 Å². The fourth-order valence-corrected chi connectivity index (χ4v) is 4.48. The summed E-state index contributed by atoms with van der Waals surface area (Å²) in [7, 11) is 1.33. The van der Waals surface area contributed by atoms with Crippen molar-refractivity contribution in [2.45, 2.75) is 39.5 Å². The van der Waals surface area contributed by atoms with Gasteiger partial charge in [-0.2, -0.15) is 0 Å². The molecule has 0 bridgehead atoms. The van der Waals surface area contributed by atoms with E-state index in [2.05, 4.69) is 13.5 Å². The van der Waals surface area contributed by atoms with E-state index in [4.69, 9.17) is 4.74 Å². The SMILES string of the molecule is C=C1CC[C@H]2[C@@](C)(C(=O)OC)C(=O)CC[C@]2(C)[C@H]1CO. The van der Waals surface area contributed by atoms with Gasteiger partial charge in [0.1, 0.15) is 11.2 Å². The fraction of sp³-hybridized carbons (Fsp3) is 0.750. The Morgan fingerprint density at radius 1 is 1.45 bits per heavy atom. The van der Waals surface area contributed by atoms with Crippen LogP contribution in [0, 0.1) is 22.7 Å². The van der Waals surface area contributed by atoms with E-state index in [1.54, 1.807) is 6.92 Å². The molecule has 4 heteroatoms. The van der Waals surface area contributed by atoms with Crippen molar-refractivity contribution in [1.29, 1.82) is 0 Å². The van der Waals surface area contributed by atoms with E-state index >= 15 is 0 Å². The standard InChI is InChI=1S/C16H24O4/c1-10-5-6-12-15(2,11(10)9-17)8-7-13(18)16(12,3)14(19)20-4/h11-12,17H,1,5-9H2,2-4H3/t11-,12+,15+,16+/m0/s1. The summed E-state index contributed by atoms with van der Waals surface area (Å²) in [5, 5.41) is 9.74. The molecule has 0 aromatic carbocycles.